The van der Waals surface area contributed by atoms with E-state index in [0.29, 0.717) is 16.7 Å². The zero-order valence-corrected chi connectivity index (χ0v) is 28.0. The van der Waals surface area contributed by atoms with Gasteiger partial charge in [0, 0.05) is 21.9 Å². The molecule has 8 aromatic rings. The summed E-state index contributed by atoms with van der Waals surface area (Å²) in [5, 5.41) is 37.1. The standard InChI is InChI=1S/C45H28N4Si/c46-29-32-21-23-44-42(26-32)41-18-10-11-19-43(41)49(44)45-27-33(30-47)20-22-40(45)35-24-34(31-48)25-39(28-35)50(36-12-4-1-5-13-36,37-14-6-2-7-15-37)38-16-8-3-9-17-38/h1-28H/q-1. The van der Waals surface area contributed by atoms with E-state index < -0.39 is 8.07 Å². The van der Waals surface area contributed by atoms with Gasteiger partial charge >= 0.3 is 0 Å². The molecule has 0 unspecified atom stereocenters. The minimum atomic E-state index is -2.95. The van der Waals surface area contributed by atoms with Gasteiger partial charge in [0.05, 0.1) is 46.1 Å². The Morgan fingerprint density at radius 2 is 0.920 bits per heavy atom. The summed E-state index contributed by atoms with van der Waals surface area (Å²) in [6.45, 7) is 0. The molecule has 0 atom stereocenters. The van der Waals surface area contributed by atoms with E-state index in [0.717, 1.165) is 43.8 Å². The maximum atomic E-state index is 10.6. The second-order valence-corrected chi connectivity index (χ2v) is 16.1. The van der Waals surface area contributed by atoms with Crippen LogP contribution in [0.3, 0.4) is 0 Å². The van der Waals surface area contributed by atoms with Gasteiger partial charge in [-0.1, -0.05) is 127 Å². The fourth-order valence-corrected chi connectivity index (χ4v) is 12.3. The van der Waals surface area contributed by atoms with E-state index in [4.69, 9.17) is 0 Å². The monoisotopic (exact) mass is 652 g/mol. The van der Waals surface area contributed by atoms with Gasteiger partial charge in [0.1, 0.15) is 0 Å². The summed E-state index contributed by atoms with van der Waals surface area (Å²) in [6.07, 6.45) is 0. The number of rotatable bonds is 6. The molecule has 0 N–H and O–H groups in total. The van der Waals surface area contributed by atoms with E-state index in [-0.39, 0.29) is 0 Å². The summed E-state index contributed by atoms with van der Waals surface area (Å²) in [6, 6.07) is 65.0. The highest BCUT2D eigenvalue weighted by Crippen LogP contribution is 2.37. The molecule has 0 aliphatic heterocycles. The van der Waals surface area contributed by atoms with Crippen LogP contribution in [0.5, 0.6) is 0 Å². The highest BCUT2D eigenvalue weighted by molar-refractivity contribution is 7.19. The quantitative estimate of drug-likeness (QED) is 0.138. The van der Waals surface area contributed by atoms with E-state index in [1.165, 1.54) is 15.6 Å². The SMILES string of the molecule is N#Cc1cc(-c2ccc(C#N)cc2-n2c3ccccc3c3cc(C#N)ccc32)cc([Si-](c2ccccc2)(c2ccccc2)c2ccccc2)c1. The number of fused-ring (bicyclic) bond motifs is 3. The second-order valence-electron chi connectivity index (χ2n) is 12.3. The van der Waals surface area contributed by atoms with E-state index in [1.54, 1.807) is 0 Å². The minimum Gasteiger partial charge on any atom is -0.309 e. The molecule has 1 aromatic heterocycles. The normalized spacial score (nSPS) is 11.1. The average Bonchev–Trinajstić information content (AvgIpc) is 3.52. The van der Waals surface area contributed by atoms with Gasteiger partial charge in [-0.05, 0) is 56.1 Å². The van der Waals surface area contributed by atoms with Crippen molar-refractivity contribution in [3.8, 4) is 35.0 Å². The van der Waals surface area contributed by atoms with Crippen LogP contribution in [0.25, 0.3) is 38.6 Å². The molecule has 8 rings (SSSR count). The molecule has 0 saturated carbocycles. The van der Waals surface area contributed by atoms with Crippen molar-refractivity contribution in [1.29, 1.82) is 15.8 Å². The Balaban J connectivity index is 1.48. The number of aromatic nitrogens is 1. The lowest BCUT2D eigenvalue weighted by atomic mass is 9.99. The Morgan fingerprint density at radius 3 is 1.52 bits per heavy atom. The van der Waals surface area contributed by atoms with Crippen molar-refractivity contribution in [3.63, 3.8) is 0 Å². The molecular weight excluding hydrogens is 625 g/mol. The molecule has 0 bridgehead atoms. The molecule has 7 aromatic carbocycles. The summed E-state index contributed by atoms with van der Waals surface area (Å²) in [7, 11) is -2.95. The third-order valence-corrected chi connectivity index (χ3v) is 14.3. The predicted octanol–water partition coefficient (Wildman–Crippen LogP) is 7.44. The second kappa shape index (κ2) is 12.6. The summed E-state index contributed by atoms with van der Waals surface area (Å²) in [5.41, 5.74) is 6.18. The molecule has 0 fully saturated rings. The fourth-order valence-electron chi connectivity index (χ4n) is 7.46. The Labute approximate surface area is 291 Å². The summed E-state index contributed by atoms with van der Waals surface area (Å²) < 4.78 is 2.18. The molecule has 0 amide bonds. The molecule has 1 heterocycles. The first-order chi connectivity index (χ1) is 24.6. The summed E-state index contributed by atoms with van der Waals surface area (Å²) >= 11 is 0. The van der Waals surface area contributed by atoms with Gasteiger partial charge in [-0.15, -0.1) is 0 Å². The zero-order chi connectivity index (χ0) is 34.1. The molecule has 50 heavy (non-hydrogen) atoms. The van der Waals surface area contributed by atoms with Crippen LogP contribution in [-0.2, 0) is 0 Å². The molecule has 233 valence electrons. The molecular formula is C45H28N4Si-. The van der Waals surface area contributed by atoms with Gasteiger partial charge in [0.15, 0.2) is 0 Å². The Kier molecular flexibility index (Phi) is 7.63. The van der Waals surface area contributed by atoms with E-state index in [9.17, 15) is 15.8 Å². The van der Waals surface area contributed by atoms with Crippen LogP contribution in [-0.4, -0.2) is 12.6 Å². The van der Waals surface area contributed by atoms with Crippen molar-refractivity contribution in [2.24, 2.45) is 0 Å². The van der Waals surface area contributed by atoms with Gasteiger partial charge in [0.25, 0.3) is 0 Å². The number of nitrogens with zero attached hydrogens (tertiary/aromatic N) is 4. The van der Waals surface area contributed by atoms with E-state index >= 15 is 0 Å². The molecule has 5 heteroatoms. The molecule has 0 spiro atoms. The lowest BCUT2D eigenvalue weighted by Crippen LogP contribution is -2.74. The van der Waals surface area contributed by atoms with Gasteiger partial charge in [-0.2, -0.15) is 36.5 Å². The third-order valence-electron chi connectivity index (χ3n) is 9.60. The first kappa shape index (κ1) is 30.4. The number of hydrogen-bond acceptors (Lipinski definition) is 3. The maximum absolute atomic E-state index is 10.6. The van der Waals surface area contributed by atoms with E-state index in [2.05, 4.69) is 120 Å². The van der Waals surface area contributed by atoms with Crippen LogP contribution < -0.4 is 20.7 Å². The third kappa shape index (κ3) is 4.88. The molecule has 0 saturated heterocycles. The number of benzene rings is 7. The topological polar surface area (TPSA) is 76.3 Å². The number of hydrogen-bond donors (Lipinski definition) is 0. The van der Waals surface area contributed by atoms with Crippen molar-refractivity contribution in [2.45, 2.75) is 0 Å². The van der Waals surface area contributed by atoms with Crippen LogP contribution in [0.15, 0.2) is 170 Å². The first-order valence-electron chi connectivity index (χ1n) is 16.4. The Bertz CT molecular complexity index is 2580. The van der Waals surface area contributed by atoms with Crippen molar-refractivity contribution in [1.82, 2.24) is 4.57 Å². The zero-order valence-electron chi connectivity index (χ0n) is 27.0. The highest BCUT2D eigenvalue weighted by Gasteiger charge is 2.29. The molecule has 0 aliphatic carbocycles. The van der Waals surface area contributed by atoms with Crippen molar-refractivity contribution >= 4 is 50.6 Å². The Hall–Kier alpha value is -6.97. The molecule has 4 nitrogen and oxygen atoms in total. The largest absolute Gasteiger partial charge is 0.309 e. The molecule has 0 aliphatic rings. The summed E-state index contributed by atoms with van der Waals surface area (Å²) in [5.74, 6) is 0. The lowest BCUT2D eigenvalue weighted by Gasteiger charge is -2.47. The minimum absolute atomic E-state index is 0.529. The van der Waals surface area contributed by atoms with Gasteiger partial charge < -0.3 is 4.57 Å². The van der Waals surface area contributed by atoms with Gasteiger partial charge in [0.2, 0.25) is 0 Å². The van der Waals surface area contributed by atoms with Crippen molar-refractivity contribution < 1.29 is 0 Å². The smallest absolute Gasteiger partial charge is 0.0992 e. The van der Waals surface area contributed by atoms with Crippen LogP contribution in [0.2, 0.25) is 0 Å². The average molecular weight is 653 g/mol. The maximum Gasteiger partial charge on any atom is 0.0992 e. The van der Waals surface area contributed by atoms with Crippen LogP contribution >= 0.6 is 0 Å². The predicted molar refractivity (Wildman–Crippen MR) is 204 cm³/mol. The van der Waals surface area contributed by atoms with Crippen LogP contribution in [0.1, 0.15) is 16.7 Å². The van der Waals surface area contributed by atoms with Crippen LogP contribution in [0, 0.1) is 34.0 Å². The van der Waals surface area contributed by atoms with Crippen LogP contribution in [0.4, 0.5) is 0 Å². The molecule has 0 radical (unpaired) electrons. The highest BCUT2D eigenvalue weighted by atomic mass is 28.3. The number of para-hydroxylation sites is 1. The Morgan fingerprint density at radius 1 is 0.400 bits per heavy atom. The van der Waals surface area contributed by atoms with E-state index in [1.807, 2.05) is 72.8 Å². The van der Waals surface area contributed by atoms with Crippen molar-refractivity contribution in [2.75, 3.05) is 0 Å². The summed E-state index contributed by atoms with van der Waals surface area (Å²) in [4.78, 5) is 0. The number of nitriles is 3. The first-order valence-corrected chi connectivity index (χ1v) is 18.4. The van der Waals surface area contributed by atoms with Gasteiger partial charge in [-0.3, -0.25) is 0 Å². The van der Waals surface area contributed by atoms with Gasteiger partial charge in [-0.25, -0.2) is 0 Å². The fraction of sp³-hybridized carbons (Fsp3) is 0. The lowest BCUT2D eigenvalue weighted by molar-refractivity contribution is 1.18. The van der Waals surface area contributed by atoms with Crippen molar-refractivity contribution in [3.05, 3.63) is 187 Å².